The second-order valence-electron chi connectivity index (χ2n) is 4.64. The number of alkyl halides is 1. The second-order valence-corrected chi connectivity index (χ2v) is 5.93. The molecule has 0 saturated carbocycles. The lowest BCUT2D eigenvalue weighted by molar-refractivity contribution is -0.115. The van der Waals surface area contributed by atoms with Crippen LogP contribution in [0.15, 0.2) is 40.9 Å². The third-order valence-corrected chi connectivity index (χ3v) is 4.46. The minimum atomic E-state index is -0.605. The summed E-state index contributed by atoms with van der Waals surface area (Å²) >= 11 is 9.73. The number of rotatable bonds is 2. The molecule has 20 heavy (non-hydrogen) atoms. The summed E-state index contributed by atoms with van der Waals surface area (Å²) in [4.78, 5) is 11.3. The normalized spacial score (nSPS) is 14.8. The average molecular weight is 355 g/mol. The molecule has 1 unspecified atom stereocenters. The lowest BCUT2D eigenvalue weighted by Gasteiger charge is -2.14. The molecule has 0 aromatic heterocycles. The van der Waals surface area contributed by atoms with Gasteiger partial charge in [0.05, 0.1) is 11.8 Å². The van der Waals surface area contributed by atoms with Crippen LogP contribution in [0.3, 0.4) is 0 Å². The van der Waals surface area contributed by atoms with Crippen LogP contribution < -0.4 is 5.32 Å². The summed E-state index contributed by atoms with van der Waals surface area (Å²) in [6.07, 6.45) is 0.339. The Morgan fingerprint density at radius 1 is 1.30 bits per heavy atom. The molecule has 2 aromatic rings. The van der Waals surface area contributed by atoms with E-state index in [1.165, 1.54) is 6.07 Å². The summed E-state index contributed by atoms with van der Waals surface area (Å²) in [5.74, 6) is -0.385. The van der Waals surface area contributed by atoms with E-state index in [1.807, 2.05) is 6.07 Å². The predicted octanol–water partition coefficient (Wildman–Crippen LogP) is 4.41. The summed E-state index contributed by atoms with van der Waals surface area (Å²) in [5.41, 5.74) is 2.87. The predicted molar refractivity (Wildman–Crippen MR) is 80.6 cm³/mol. The molecule has 0 spiro atoms. The molecule has 0 aliphatic carbocycles. The number of fused-ring (bicyclic) bond motifs is 1. The van der Waals surface area contributed by atoms with Gasteiger partial charge in [-0.05, 0) is 29.3 Å². The molecule has 1 N–H and O–H groups in total. The van der Waals surface area contributed by atoms with Crippen molar-refractivity contribution in [2.75, 3.05) is 5.32 Å². The number of amides is 1. The van der Waals surface area contributed by atoms with Crippen LogP contribution in [0.4, 0.5) is 10.1 Å². The minimum absolute atomic E-state index is 0.0321. The number of hydrogen-bond acceptors (Lipinski definition) is 1. The molecule has 3 rings (SSSR count). The number of nitrogens with one attached hydrogen (secondary N) is 1. The molecule has 1 aliphatic rings. The van der Waals surface area contributed by atoms with Crippen molar-refractivity contribution in [1.82, 2.24) is 0 Å². The Balaban J connectivity index is 2.02. The third kappa shape index (κ3) is 2.34. The Labute approximate surface area is 129 Å². The Morgan fingerprint density at radius 3 is 2.85 bits per heavy atom. The van der Waals surface area contributed by atoms with E-state index in [4.69, 9.17) is 11.6 Å². The maximum Gasteiger partial charge on any atom is 0.228 e. The van der Waals surface area contributed by atoms with Gasteiger partial charge in [0, 0.05) is 15.7 Å². The van der Waals surface area contributed by atoms with Crippen LogP contribution in [0.25, 0.3) is 0 Å². The number of halogens is 3. The smallest absolute Gasteiger partial charge is 0.228 e. The van der Waals surface area contributed by atoms with E-state index in [1.54, 1.807) is 24.3 Å². The fourth-order valence-electron chi connectivity index (χ4n) is 2.33. The Hall–Kier alpha value is -1.39. The first-order valence-electron chi connectivity index (χ1n) is 6.07. The van der Waals surface area contributed by atoms with Crippen molar-refractivity contribution in [3.05, 3.63) is 63.4 Å². The topological polar surface area (TPSA) is 29.1 Å². The van der Waals surface area contributed by atoms with Crippen LogP contribution in [-0.4, -0.2) is 5.91 Å². The van der Waals surface area contributed by atoms with E-state index in [9.17, 15) is 9.18 Å². The highest BCUT2D eigenvalue weighted by Gasteiger charge is 2.22. The molecule has 0 bridgehead atoms. The van der Waals surface area contributed by atoms with E-state index < -0.39 is 5.38 Å². The molecule has 1 aliphatic heterocycles. The van der Waals surface area contributed by atoms with Crippen molar-refractivity contribution in [1.29, 1.82) is 0 Å². The molecule has 0 radical (unpaired) electrons. The number of hydrogen-bond donors (Lipinski definition) is 1. The molecular formula is C15H10BrClFNO. The van der Waals surface area contributed by atoms with Crippen LogP contribution in [-0.2, 0) is 11.2 Å². The first kappa shape index (κ1) is 13.6. The Kier molecular flexibility index (Phi) is 3.52. The highest BCUT2D eigenvalue weighted by atomic mass is 79.9. The number of carbonyl (C=O) groups excluding carboxylic acids is 1. The minimum Gasteiger partial charge on any atom is -0.326 e. The zero-order valence-corrected chi connectivity index (χ0v) is 12.6. The van der Waals surface area contributed by atoms with Gasteiger partial charge in [-0.1, -0.05) is 34.1 Å². The zero-order chi connectivity index (χ0) is 14.3. The van der Waals surface area contributed by atoms with Gasteiger partial charge in [-0.3, -0.25) is 4.79 Å². The lowest BCUT2D eigenvalue weighted by Crippen LogP contribution is -2.03. The number of benzene rings is 2. The van der Waals surface area contributed by atoms with Gasteiger partial charge in [0.2, 0.25) is 5.91 Å². The summed E-state index contributed by atoms with van der Waals surface area (Å²) in [6, 6.07) is 10.2. The highest BCUT2D eigenvalue weighted by Crippen LogP contribution is 2.37. The van der Waals surface area contributed by atoms with Gasteiger partial charge >= 0.3 is 0 Å². The third-order valence-electron chi connectivity index (χ3n) is 3.30. The SMILES string of the molecule is O=C1Cc2cc(C(Cl)c3c(F)cccc3Br)ccc2N1. The van der Waals surface area contributed by atoms with E-state index in [2.05, 4.69) is 21.2 Å². The van der Waals surface area contributed by atoms with E-state index in [0.29, 0.717) is 16.5 Å². The maximum absolute atomic E-state index is 13.9. The van der Waals surface area contributed by atoms with Crippen LogP contribution in [0.1, 0.15) is 22.1 Å². The fraction of sp³-hybridized carbons (Fsp3) is 0.133. The monoisotopic (exact) mass is 353 g/mol. The van der Waals surface area contributed by atoms with E-state index in [0.717, 1.165) is 16.8 Å². The fourth-order valence-corrected chi connectivity index (χ4v) is 3.39. The quantitative estimate of drug-likeness (QED) is 0.795. The molecule has 1 atom stereocenters. The second kappa shape index (κ2) is 5.19. The van der Waals surface area contributed by atoms with Crippen molar-refractivity contribution < 1.29 is 9.18 Å². The van der Waals surface area contributed by atoms with E-state index >= 15 is 0 Å². The molecule has 2 aromatic carbocycles. The lowest BCUT2D eigenvalue weighted by atomic mass is 10.0. The van der Waals surface area contributed by atoms with Crippen molar-refractivity contribution in [2.45, 2.75) is 11.8 Å². The number of carbonyl (C=O) groups is 1. The first-order chi connectivity index (χ1) is 9.56. The molecule has 0 fully saturated rings. The van der Waals surface area contributed by atoms with E-state index in [-0.39, 0.29) is 11.7 Å². The van der Waals surface area contributed by atoms with Gasteiger partial charge in [-0.15, -0.1) is 11.6 Å². The van der Waals surface area contributed by atoms with Gasteiger partial charge in [0.25, 0.3) is 0 Å². The van der Waals surface area contributed by atoms with Crippen LogP contribution in [0.5, 0.6) is 0 Å². The van der Waals surface area contributed by atoms with Crippen LogP contribution >= 0.6 is 27.5 Å². The first-order valence-corrected chi connectivity index (χ1v) is 7.30. The van der Waals surface area contributed by atoms with Crippen molar-refractivity contribution in [3.63, 3.8) is 0 Å². The van der Waals surface area contributed by atoms with Gasteiger partial charge in [0.15, 0.2) is 0 Å². The van der Waals surface area contributed by atoms with Gasteiger partial charge in [-0.2, -0.15) is 0 Å². The summed E-state index contributed by atoms with van der Waals surface area (Å²) in [7, 11) is 0. The zero-order valence-electron chi connectivity index (χ0n) is 10.3. The number of anilines is 1. The Morgan fingerprint density at radius 2 is 2.10 bits per heavy atom. The summed E-state index contributed by atoms with van der Waals surface area (Å²) < 4.78 is 14.6. The van der Waals surface area contributed by atoms with Crippen molar-refractivity contribution in [2.24, 2.45) is 0 Å². The molecule has 1 heterocycles. The summed E-state index contributed by atoms with van der Waals surface area (Å²) in [6.45, 7) is 0. The molecule has 1 amide bonds. The molecule has 5 heteroatoms. The molecule has 2 nitrogen and oxygen atoms in total. The highest BCUT2D eigenvalue weighted by molar-refractivity contribution is 9.10. The van der Waals surface area contributed by atoms with Gasteiger partial charge in [-0.25, -0.2) is 4.39 Å². The van der Waals surface area contributed by atoms with Crippen LogP contribution in [0, 0.1) is 5.82 Å². The summed E-state index contributed by atoms with van der Waals surface area (Å²) in [5, 5.41) is 2.16. The standard InChI is InChI=1S/C15H10BrClFNO/c16-10-2-1-3-11(18)14(10)15(17)8-4-5-12-9(6-8)7-13(20)19-12/h1-6,15H,7H2,(H,19,20). The molecule has 0 saturated heterocycles. The largest absolute Gasteiger partial charge is 0.326 e. The maximum atomic E-state index is 13.9. The molecular weight excluding hydrogens is 345 g/mol. The van der Waals surface area contributed by atoms with Crippen LogP contribution in [0.2, 0.25) is 0 Å². The van der Waals surface area contributed by atoms with Crippen molar-refractivity contribution >= 4 is 39.1 Å². The Bertz CT molecular complexity index is 684. The van der Waals surface area contributed by atoms with Gasteiger partial charge < -0.3 is 5.32 Å². The average Bonchev–Trinajstić information content (AvgIpc) is 2.77. The van der Waals surface area contributed by atoms with Gasteiger partial charge in [0.1, 0.15) is 5.82 Å². The molecule has 102 valence electrons. The van der Waals surface area contributed by atoms with Crippen molar-refractivity contribution in [3.8, 4) is 0 Å².